The maximum Gasteiger partial charge on any atom is 0.264 e. The van der Waals surface area contributed by atoms with Crippen molar-refractivity contribution in [1.82, 2.24) is 5.16 Å². The first-order chi connectivity index (χ1) is 13.8. The summed E-state index contributed by atoms with van der Waals surface area (Å²) in [5.41, 5.74) is 2.75. The van der Waals surface area contributed by atoms with Crippen molar-refractivity contribution in [3.63, 3.8) is 0 Å². The summed E-state index contributed by atoms with van der Waals surface area (Å²) in [5.74, 6) is 1.16. The van der Waals surface area contributed by atoms with Crippen molar-refractivity contribution in [3.05, 3.63) is 59.8 Å². The third kappa shape index (κ3) is 3.51. The summed E-state index contributed by atoms with van der Waals surface area (Å²) in [4.78, 5) is 0.281. The van der Waals surface area contributed by atoms with E-state index in [2.05, 4.69) is 5.16 Å². The first-order valence-corrected chi connectivity index (χ1v) is 11.1. The second kappa shape index (κ2) is 7.22. The van der Waals surface area contributed by atoms with E-state index in [1.54, 1.807) is 24.3 Å². The molecule has 0 aliphatic carbocycles. The van der Waals surface area contributed by atoms with Crippen LogP contribution in [0.3, 0.4) is 0 Å². The van der Waals surface area contributed by atoms with Gasteiger partial charge >= 0.3 is 0 Å². The van der Waals surface area contributed by atoms with E-state index in [-0.39, 0.29) is 23.5 Å². The van der Waals surface area contributed by atoms with Crippen molar-refractivity contribution in [2.75, 3.05) is 10.8 Å². The summed E-state index contributed by atoms with van der Waals surface area (Å²) in [5, 5.41) is 3.92. The number of sulfonamides is 1. The minimum atomic E-state index is -3.82. The molecule has 2 aromatic carbocycles. The topological polar surface area (TPSA) is 72.6 Å². The highest BCUT2D eigenvalue weighted by atomic mass is 32.2. The highest BCUT2D eigenvalue weighted by Gasteiger charge is 2.34. The van der Waals surface area contributed by atoms with Crippen LogP contribution in [0.1, 0.15) is 37.9 Å². The molecule has 0 fully saturated rings. The Morgan fingerprint density at radius 2 is 1.90 bits per heavy atom. The molecule has 2 heterocycles. The molecule has 1 atom stereocenters. The van der Waals surface area contributed by atoms with Gasteiger partial charge in [-0.25, -0.2) is 8.42 Å². The second-order valence-corrected chi connectivity index (χ2v) is 9.50. The monoisotopic (exact) mass is 412 g/mol. The zero-order chi connectivity index (χ0) is 20.8. The van der Waals surface area contributed by atoms with Crippen molar-refractivity contribution in [2.45, 2.75) is 44.6 Å². The van der Waals surface area contributed by atoms with E-state index in [1.807, 2.05) is 52.0 Å². The predicted octanol–water partition coefficient (Wildman–Crippen LogP) is 4.75. The molecule has 0 spiro atoms. The van der Waals surface area contributed by atoms with Crippen molar-refractivity contribution >= 4 is 15.7 Å². The van der Waals surface area contributed by atoms with Crippen LogP contribution in [0, 0.1) is 6.92 Å². The second-order valence-electron chi connectivity index (χ2n) is 7.67. The van der Waals surface area contributed by atoms with Gasteiger partial charge in [0.2, 0.25) is 0 Å². The lowest BCUT2D eigenvalue weighted by Gasteiger charge is -2.34. The fraction of sp³-hybridized carbons (Fsp3) is 0.318. The number of ether oxygens (including phenoxy) is 1. The van der Waals surface area contributed by atoms with Crippen LogP contribution in [-0.2, 0) is 10.0 Å². The first kappa shape index (κ1) is 19.5. The summed E-state index contributed by atoms with van der Waals surface area (Å²) >= 11 is 0. The number of fused-ring (bicyclic) bond motifs is 1. The Hall–Kier alpha value is -2.80. The third-order valence-electron chi connectivity index (χ3n) is 5.00. The van der Waals surface area contributed by atoms with E-state index in [0.29, 0.717) is 22.8 Å². The average molecular weight is 413 g/mol. The van der Waals surface area contributed by atoms with E-state index in [4.69, 9.17) is 9.26 Å². The van der Waals surface area contributed by atoms with Crippen LogP contribution >= 0.6 is 0 Å². The summed E-state index contributed by atoms with van der Waals surface area (Å²) < 4.78 is 40.3. The fourth-order valence-electron chi connectivity index (χ4n) is 3.58. The van der Waals surface area contributed by atoms with E-state index < -0.39 is 10.0 Å². The highest BCUT2D eigenvalue weighted by Crippen LogP contribution is 2.39. The molecule has 1 unspecified atom stereocenters. The predicted molar refractivity (Wildman–Crippen MR) is 112 cm³/mol. The van der Waals surface area contributed by atoms with E-state index >= 15 is 0 Å². The normalized spacial score (nSPS) is 16.6. The van der Waals surface area contributed by atoms with Crippen LogP contribution in [-0.4, -0.2) is 26.2 Å². The van der Waals surface area contributed by atoms with E-state index in [9.17, 15) is 8.42 Å². The van der Waals surface area contributed by atoms with Crippen LogP contribution in [0.15, 0.2) is 57.9 Å². The number of aryl methyl sites for hydroxylation is 1. The zero-order valence-electron chi connectivity index (χ0n) is 16.9. The maximum absolute atomic E-state index is 13.8. The Morgan fingerprint density at radius 3 is 2.59 bits per heavy atom. The standard InChI is InChI=1S/C22H24N2O4S/c1-14(2)18-10-9-17(21-11-15(3)23-28-21)12-22(18)29(25,26)24-13-16(4)27-20-8-6-5-7-19(20)24/h5-12,14,16H,13H2,1-4H3. The Bertz CT molecular complexity index is 1150. The average Bonchev–Trinajstić information content (AvgIpc) is 3.13. The minimum Gasteiger partial charge on any atom is -0.487 e. The Labute approximate surface area is 171 Å². The summed E-state index contributed by atoms with van der Waals surface area (Å²) in [6.45, 7) is 7.93. The smallest absolute Gasteiger partial charge is 0.264 e. The van der Waals surface area contributed by atoms with Gasteiger partial charge in [0.15, 0.2) is 5.76 Å². The molecule has 152 valence electrons. The quantitative estimate of drug-likeness (QED) is 0.618. The number of hydrogen-bond acceptors (Lipinski definition) is 5. The van der Waals surface area contributed by atoms with Gasteiger partial charge in [-0.2, -0.15) is 0 Å². The summed E-state index contributed by atoms with van der Waals surface area (Å²) in [6.07, 6.45) is -0.248. The molecule has 3 aromatic rings. The van der Waals surface area contributed by atoms with Crippen LogP contribution < -0.4 is 9.04 Å². The fourth-order valence-corrected chi connectivity index (χ4v) is 5.51. The van der Waals surface area contributed by atoms with Gasteiger partial charge in [-0.05, 0) is 43.5 Å². The molecule has 7 heteroatoms. The number of benzene rings is 2. The molecule has 0 bridgehead atoms. The lowest BCUT2D eigenvalue weighted by molar-refractivity contribution is 0.219. The SMILES string of the molecule is Cc1cc(-c2ccc(C(C)C)c(S(=O)(=O)N3CC(C)Oc4ccccc43)c2)on1. The molecule has 0 N–H and O–H groups in total. The largest absolute Gasteiger partial charge is 0.487 e. The molecule has 29 heavy (non-hydrogen) atoms. The van der Waals surface area contributed by atoms with Crippen LogP contribution in [0.4, 0.5) is 5.69 Å². The van der Waals surface area contributed by atoms with Gasteiger partial charge in [0.05, 0.1) is 22.8 Å². The van der Waals surface area contributed by atoms with Crippen molar-refractivity contribution < 1.29 is 17.7 Å². The molecule has 0 saturated heterocycles. The number of nitrogens with zero attached hydrogens (tertiary/aromatic N) is 2. The van der Waals surface area contributed by atoms with Crippen molar-refractivity contribution in [1.29, 1.82) is 0 Å². The lowest BCUT2D eigenvalue weighted by Crippen LogP contribution is -2.42. The number of para-hydroxylation sites is 2. The molecular weight excluding hydrogens is 388 g/mol. The molecule has 6 nitrogen and oxygen atoms in total. The van der Waals surface area contributed by atoms with E-state index in [0.717, 1.165) is 11.3 Å². The Balaban J connectivity index is 1.88. The molecule has 1 aliphatic heterocycles. The van der Waals surface area contributed by atoms with Gasteiger partial charge in [0.25, 0.3) is 10.0 Å². The minimum absolute atomic E-state index is 0.0407. The van der Waals surface area contributed by atoms with Crippen molar-refractivity contribution in [3.8, 4) is 17.1 Å². The van der Waals surface area contributed by atoms with Gasteiger partial charge in [-0.1, -0.05) is 43.3 Å². The molecular formula is C22H24N2O4S. The van der Waals surface area contributed by atoms with Gasteiger partial charge in [0, 0.05) is 11.6 Å². The van der Waals surface area contributed by atoms with Gasteiger partial charge in [-0.15, -0.1) is 0 Å². The maximum atomic E-state index is 13.8. The van der Waals surface area contributed by atoms with Crippen LogP contribution in [0.25, 0.3) is 11.3 Å². The van der Waals surface area contributed by atoms with Gasteiger partial charge in [0.1, 0.15) is 11.9 Å². The van der Waals surface area contributed by atoms with Gasteiger partial charge < -0.3 is 9.26 Å². The number of hydrogen-bond donors (Lipinski definition) is 0. The Kier molecular flexibility index (Phi) is 4.86. The molecule has 1 aliphatic rings. The Morgan fingerprint density at radius 1 is 1.14 bits per heavy atom. The molecule has 0 radical (unpaired) electrons. The summed E-state index contributed by atoms with van der Waals surface area (Å²) in [7, 11) is -3.82. The molecule has 4 rings (SSSR count). The third-order valence-corrected chi connectivity index (χ3v) is 6.84. The van der Waals surface area contributed by atoms with Crippen LogP contribution in [0.2, 0.25) is 0 Å². The molecule has 0 saturated carbocycles. The number of anilines is 1. The number of aromatic nitrogens is 1. The van der Waals surface area contributed by atoms with E-state index in [1.165, 1.54) is 4.31 Å². The highest BCUT2D eigenvalue weighted by molar-refractivity contribution is 7.93. The molecule has 0 amide bonds. The van der Waals surface area contributed by atoms with Gasteiger partial charge in [-0.3, -0.25) is 4.31 Å². The lowest BCUT2D eigenvalue weighted by atomic mass is 10.0. The van der Waals surface area contributed by atoms with Crippen LogP contribution in [0.5, 0.6) is 5.75 Å². The van der Waals surface area contributed by atoms with Crippen molar-refractivity contribution in [2.24, 2.45) is 0 Å². The first-order valence-electron chi connectivity index (χ1n) is 9.63. The summed E-state index contributed by atoms with van der Waals surface area (Å²) in [6, 6.07) is 14.5. The molecule has 1 aromatic heterocycles. The number of rotatable bonds is 4. The zero-order valence-corrected chi connectivity index (χ0v) is 17.7.